The van der Waals surface area contributed by atoms with E-state index in [1.54, 1.807) is 18.2 Å². The first-order valence-corrected chi connectivity index (χ1v) is 7.61. The van der Waals surface area contributed by atoms with Crippen LogP contribution in [0, 0.1) is 6.92 Å². The Morgan fingerprint density at radius 2 is 1.94 bits per heavy atom. The highest BCUT2D eigenvalue weighted by Gasteiger charge is 2.12. The Hall–Kier alpha value is -0.870. The molecule has 0 fully saturated rings. The molecule has 1 rings (SSSR count). The Morgan fingerprint density at radius 3 is 2.59 bits per heavy atom. The largest absolute Gasteiger partial charge is 0.240 e. The van der Waals surface area contributed by atoms with Crippen molar-refractivity contribution in [2.75, 3.05) is 6.54 Å². The van der Waals surface area contributed by atoms with Crippen LogP contribution in [0.5, 0.6) is 0 Å². The van der Waals surface area contributed by atoms with Crippen molar-refractivity contribution >= 4 is 10.0 Å². The molecule has 1 aromatic rings. The highest BCUT2D eigenvalue weighted by Crippen LogP contribution is 2.10. The molecule has 0 aliphatic carbocycles. The number of hydrogen-bond donors (Lipinski definition) is 1. The Bertz CT molecular complexity index is 440. The predicted molar refractivity (Wildman–Crippen MR) is 70.5 cm³/mol. The molecule has 0 aromatic heterocycles. The Labute approximate surface area is 104 Å². The zero-order valence-electron chi connectivity index (χ0n) is 10.6. The molecule has 3 nitrogen and oxygen atoms in total. The number of hydrogen-bond acceptors (Lipinski definition) is 2. The molecule has 1 aromatic carbocycles. The molecule has 4 heteroatoms. The molecule has 0 saturated carbocycles. The average molecular weight is 255 g/mol. The molecule has 0 atom stereocenters. The second kappa shape index (κ2) is 6.77. The van der Waals surface area contributed by atoms with Crippen molar-refractivity contribution < 1.29 is 8.42 Å². The van der Waals surface area contributed by atoms with Gasteiger partial charge in [-0.1, -0.05) is 38.3 Å². The van der Waals surface area contributed by atoms with Gasteiger partial charge in [-0.2, -0.15) is 0 Å². The van der Waals surface area contributed by atoms with Crippen molar-refractivity contribution in [1.29, 1.82) is 0 Å². The van der Waals surface area contributed by atoms with Gasteiger partial charge in [0.05, 0.1) is 4.90 Å². The zero-order valence-corrected chi connectivity index (χ0v) is 11.4. The minimum atomic E-state index is -3.32. The minimum absolute atomic E-state index is 0.355. The van der Waals surface area contributed by atoms with E-state index < -0.39 is 10.0 Å². The van der Waals surface area contributed by atoms with Crippen LogP contribution in [0.4, 0.5) is 0 Å². The number of unbranched alkanes of at least 4 members (excludes halogenated alkanes) is 3. The second-order valence-corrected chi connectivity index (χ2v) is 6.04. The van der Waals surface area contributed by atoms with Crippen LogP contribution in [-0.4, -0.2) is 15.0 Å². The highest BCUT2D eigenvalue weighted by molar-refractivity contribution is 7.89. The summed E-state index contributed by atoms with van der Waals surface area (Å²) in [5.74, 6) is 0. The Morgan fingerprint density at radius 1 is 1.18 bits per heavy atom. The number of aryl methyl sites for hydroxylation is 1. The molecule has 0 bridgehead atoms. The summed E-state index contributed by atoms with van der Waals surface area (Å²) in [6.07, 6.45) is 4.29. The van der Waals surface area contributed by atoms with E-state index >= 15 is 0 Å². The maximum absolute atomic E-state index is 11.9. The number of benzene rings is 1. The van der Waals surface area contributed by atoms with Gasteiger partial charge in [0.2, 0.25) is 10.0 Å². The van der Waals surface area contributed by atoms with Crippen molar-refractivity contribution in [3.63, 3.8) is 0 Å². The molecular formula is C13H21NO2S. The maximum Gasteiger partial charge on any atom is 0.240 e. The topological polar surface area (TPSA) is 46.2 Å². The third-order valence-corrected chi connectivity index (χ3v) is 4.08. The summed E-state index contributed by atoms with van der Waals surface area (Å²) in [4.78, 5) is 0.355. The molecule has 0 heterocycles. The molecule has 0 spiro atoms. The molecule has 0 aliphatic rings. The van der Waals surface area contributed by atoms with Crippen molar-refractivity contribution in [1.82, 2.24) is 4.72 Å². The lowest BCUT2D eigenvalue weighted by atomic mass is 10.2. The molecule has 0 radical (unpaired) electrons. The van der Waals surface area contributed by atoms with E-state index in [1.807, 2.05) is 13.0 Å². The lowest BCUT2D eigenvalue weighted by Gasteiger charge is -2.07. The summed E-state index contributed by atoms with van der Waals surface area (Å²) in [6, 6.07) is 6.97. The lowest BCUT2D eigenvalue weighted by Crippen LogP contribution is -2.24. The summed E-state index contributed by atoms with van der Waals surface area (Å²) in [5, 5.41) is 0. The van der Waals surface area contributed by atoms with Crippen LogP contribution in [0.15, 0.2) is 29.2 Å². The van der Waals surface area contributed by atoms with Crippen molar-refractivity contribution in [3.05, 3.63) is 29.8 Å². The summed E-state index contributed by atoms with van der Waals surface area (Å²) >= 11 is 0. The lowest BCUT2D eigenvalue weighted by molar-refractivity contribution is 0.573. The number of rotatable bonds is 7. The van der Waals surface area contributed by atoms with E-state index in [0.29, 0.717) is 11.4 Å². The summed E-state index contributed by atoms with van der Waals surface area (Å²) in [7, 11) is -3.32. The molecule has 96 valence electrons. The fraction of sp³-hybridized carbons (Fsp3) is 0.538. The van der Waals surface area contributed by atoms with Crippen molar-refractivity contribution in [2.45, 2.75) is 44.4 Å². The summed E-state index contributed by atoms with van der Waals surface area (Å²) < 4.78 is 26.4. The summed E-state index contributed by atoms with van der Waals surface area (Å²) in [5.41, 5.74) is 0.957. The summed E-state index contributed by atoms with van der Waals surface area (Å²) in [6.45, 7) is 4.55. The smallest absolute Gasteiger partial charge is 0.211 e. The van der Waals surface area contributed by atoms with Crippen molar-refractivity contribution in [2.24, 2.45) is 0 Å². The van der Waals surface area contributed by atoms with Gasteiger partial charge >= 0.3 is 0 Å². The molecule has 0 aliphatic heterocycles. The minimum Gasteiger partial charge on any atom is -0.211 e. The molecule has 0 amide bonds. The highest BCUT2D eigenvalue weighted by atomic mass is 32.2. The third-order valence-electron chi connectivity index (χ3n) is 2.62. The fourth-order valence-corrected chi connectivity index (χ4v) is 2.80. The van der Waals surface area contributed by atoms with Gasteiger partial charge in [-0.25, -0.2) is 13.1 Å². The monoisotopic (exact) mass is 255 g/mol. The quantitative estimate of drug-likeness (QED) is 0.761. The molecule has 1 N–H and O–H groups in total. The first-order chi connectivity index (χ1) is 8.06. The van der Waals surface area contributed by atoms with E-state index in [9.17, 15) is 8.42 Å². The standard InChI is InChI=1S/C13H21NO2S/c1-3-4-5-6-10-14-17(15,16)13-9-7-8-12(2)11-13/h7-9,11,14H,3-6,10H2,1-2H3. The maximum atomic E-state index is 11.9. The van der Waals surface area contributed by atoms with Gasteiger partial charge < -0.3 is 0 Å². The average Bonchev–Trinajstić information content (AvgIpc) is 2.29. The van der Waals surface area contributed by atoms with Crippen LogP contribution in [-0.2, 0) is 10.0 Å². The van der Waals surface area contributed by atoms with Crippen LogP contribution < -0.4 is 4.72 Å². The zero-order chi connectivity index (χ0) is 12.7. The second-order valence-electron chi connectivity index (χ2n) is 4.27. The van der Waals surface area contributed by atoms with Gasteiger partial charge in [0.25, 0.3) is 0 Å². The third kappa shape index (κ3) is 4.88. The van der Waals surface area contributed by atoms with E-state index in [1.165, 1.54) is 0 Å². The van der Waals surface area contributed by atoms with Crippen molar-refractivity contribution in [3.8, 4) is 0 Å². The SMILES string of the molecule is CCCCCCNS(=O)(=O)c1cccc(C)c1. The first-order valence-electron chi connectivity index (χ1n) is 6.12. The van der Waals surface area contributed by atoms with E-state index in [0.717, 1.165) is 31.2 Å². The van der Waals surface area contributed by atoms with E-state index in [2.05, 4.69) is 11.6 Å². The van der Waals surface area contributed by atoms with Gasteiger partial charge in [-0.15, -0.1) is 0 Å². The number of sulfonamides is 1. The van der Waals surface area contributed by atoms with Crippen LogP contribution in [0.2, 0.25) is 0 Å². The van der Waals surface area contributed by atoms with Gasteiger partial charge in [0, 0.05) is 6.54 Å². The molecule has 17 heavy (non-hydrogen) atoms. The first kappa shape index (κ1) is 14.2. The van der Waals surface area contributed by atoms with Gasteiger partial charge in [-0.05, 0) is 31.0 Å². The van der Waals surface area contributed by atoms with Crippen LogP contribution in [0.1, 0.15) is 38.2 Å². The molecule has 0 saturated heterocycles. The van der Waals surface area contributed by atoms with Gasteiger partial charge in [0.15, 0.2) is 0 Å². The van der Waals surface area contributed by atoms with Gasteiger partial charge in [-0.3, -0.25) is 0 Å². The van der Waals surface area contributed by atoms with E-state index in [4.69, 9.17) is 0 Å². The predicted octanol–water partition coefficient (Wildman–Crippen LogP) is 2.85. The Balaban J connectivity index is 2.51. The molecular weight excluding hydrogens is 234 g/mol. The van der Waals surface area contributed by atoms with E-state index in [-0.39, 0.29) is 0 Å². The van der Waals surface area contributed by atoms with Crippen LogP contribution in [0.3, 0.4) is 0 Å². The number of nitrogens with one attached hydrogen (secondary N) is 1. The van der Waals surface area contributed by atoms with Crippen LogP contribution in [0.25, 0.3) is 0 Å². The normalized spacial score (nSPS) is 11.6. The van der Waals surface area contributed by atoms with Gasteiger partial charge in [0.1, 0.15) is 0 Å². The van der Waals surface area contributed by atoms with Crippen LogP contribution >= 0.6 is 0 Å². The molecule has 0 unspecified atom stereocenters. The fourth-order valence-electron chi connectivity index (χ4n) is 1.62. The Kier molecular flexibility index (Phi) is 5.65.